The molecule has 0 bridgehead atoms. The SMILES string of the molecule is C=CCn1c(SCn2nnc3ccccc3c2=O)nnc1-c1ccoc1C. The van der Waals surface area contributed by atoms with Gasteiger partial charge in [-0.1, -0.05) is 35.2 Å². The lowest BCUT2D eigenvalue weighted by atomic mass is 10.2. The van der Waals surface area contributed by atoms with Crippen molar-refractivity contribution in [2.24, 2.45) is 0 Å². The highest BCUT2D eigenvalue weighted by atomic mass is 32.2. The van der Waals surface area contributed by atoms with Gasteiger partial charge in [-0.3, -0.25) is 9.36 Å². The average Bonchev–Trinajstić information content (AvgIpc) is 3.28. The van der Waals surface area contributed by atoms with Crippen molar-refractivity contribution in [1.82, 2.24) is 29.8 Å². The van der Waals surface area contributed by atoms with Crippen LogP contribution in [-0.4, -0.2) is 29.8 Å². The minimum absolute atomic E-state index is 0.186. The molecular weight excluding hydrogens is 364 g/mol. The molecule has 0 aliphatic heterocycles. The second-order valence-electron chi connectivity index (χ2n) is 5.78. The van der Waals surface area contributed by atoms with Gasteiger partial charge in [-0.2, -0.15) is 4.68 Å². The van der Waals surface area contributed by atoms with Gasteiger partial charge in [0.1, 0.15) is 11.3 Å². The summed E-state index contributed by atoms with van der Waals surface area (Å²) in [6.07, 6.45) is 3.39. The molecule has 3 heterocycles. The molecule has 0 unspecified atom stereocenters. The van der Waals surface area contributed by atoms with E-state index in [4.69, 9.17) is 4.42 Å². The van der Waals surface area contributed by atoms with E-state index in [0.717, 1.165) is 11.3 Å². The minimum Gasteiger partial charge on any atom is -0.469 e. The molecule has 9 heteroatoms. The van der Waals surface area contributed by atoms with Crippen LogP contribution < -0.4 is 5.56 Å². The Hall–Kier alpha value is -3.20. The summed E-state index contributed by atoms with van der Waals surface area (Å²) in [5.74, 6) is 1.73. The van der Waals surface area contributed by atoms with Gasteiger partial charge in [0.2, 0.25) is 0 Å². The number of aryl methyl sites for hydroxylation is 1. The van der Waals surface area contributed by atoms with Crippen LogP contribution >= 0.6 is 11.8 Å². The number of rotatable bonds is 6. The molecule has 8 nitrogen and oxygen atoms in total. The Kier molecular flexibility index (Phi) is 4.59. The first kappa shape index (κ1) is 17.2. The summed E-state index contributed by atoms with van der Waals surface area (Å²) in [6, 6.07) is 9.00. The van der Waals surface area contributed by atoms with E-state index in [0.29, 0.717) is 28.4 Å². The van der Waals surface area contributed by atoms with Crippen molar-refractivity contribution in [3.05, 3.63) is 65.4 Å². The second-order valence-corrected chi connectivity index (χ2v) is 6.69. The van der Waals surface area contributed by atoms with Gasteiger partial charge in [0.05, 0.1) is 23.1 Å². The number of furan rings is 1. The minimum atomic E-state index is -0.186. The molecule has 0 amide bonds. The summed E-state index contributed by atoms with van der Waals surface area (Å²) in [7, 11) is 0. The third kappa shape index (κ3) is 3.17. The van der Waals surface area contributed by atoms with E-state index >= 15 is 0 Å². The van der Waals surface area contributed by atoms with Crippen molar-refractivity contribution in [2.75, 3.05) is 0 Å². The highest BCUT2D eigenvalue weighted by Crippen LogP contribution is 2.27. The molecule has 0 atom stereocenters. The van der Waals surface area contributed by atoms with Crippen LogP contribution in [0.4, 0.5) is 0 Å². The fraction of sp³-hybridized carbons (Fsp3) is 0.167. The Morgan fingerprint density at radius 3 is 2.85 bits per heavy atom. The molecule has 0 aliphatic carbocycles. The predicted molar refractivity (Wildman–Crippen MR) is 102 cm³/mol. The molecule has 4 rings (SSSR count). The molecule has 3 aromatic heterocycles. The Balaban J connectivity index is 1.65. The first-order valence-electron chi connectivity index (χ1n) is 8.23. The van der Waals surface area contributed by atoms with E-state index in [1.165, 1.54) is 16.4 Å². The van der Waals surface area contributed by atoms with Gasteiger partial charge in [0.25, 0.3) is 5.56 Å². The van der Waals surface area contributed by atoms with Gasteiger partial charge >= 0.3 is 0 Å². The Morgan fingerprint density at radius 1 is 1.22 bits per heavy atom. The lowest BCUT2D eigenvalue weighted by Crippen LogP contribution is -2.23. The molecule has 1 aromatic carbocycles. The van der Waals surface area contributed by atoms with Crippen LogP contribution in [0.25, 0.3) is 22.3 Å². The zero-order valence-electron chi connectivity index (χ0n) is 14.6. The zero-order chi connectivity index (χ0) is 18.8. The predicted octanol–water partition coefficient (Wildman–Crippen LogP) is 2.89. The second kappa shape index (κ2) is 7.20. The molecule has 4 aromatic rings. The maximum Gasteiger partial charge on any atom is 0.278 e. The highest BCUT2D eigenvalue weighted by molar-refractivity contribution is 7.98. The summed E-state index contributed by atoms with van der Waals surface area (Å²) in [5, 5.41) is 17.8. The van der Waals surface area contributed by atoms with Crippen LogP contribution in [0.15, 0.2) is 63.6 Å². The van der Waals surface area contributed by atoms with Gasteiger partial charge in [0.15, 0.2) is 11.0 Å². The Morgan fingerprint density at radius 2 is 2.07 bits per heavy atom. The van der Waals surface area contributed by atoms with E-state index in [2.05, 4.69) is 27.1 Å². The number of benzene rings is 1. The van der Waals surface area contributed by atoms with Crippen LogP contribution in [0, 0.1) is 6.92 Å². The van der Waals surface area contributed by atoms with Crippen LogP contribution in [-0.2, 0) is 12.4 Å². The van der Waals surface area contributed by atoms with E-state index in [-0.39, 0.29) is 11.4 Å². The topological polar surface area (TPSA) is 91.6 Å². The molecule has 0 radical (unpaired) electrons. The lowest BCUT2D eigenvalue weighted by molar-refractivity contribution is 0.534. The number of hydrogen-bond donors (Lipinski definition) is 0. The van der Waals surface area contributed by atoms with Crippen LogP contribution in [0.2, 0.25) is 0 Å². The summed E-state index contributed by atoms with van der Waals surface area (Å²) in [4.78, 5) is 12.6. The van der Waals surface area contributed by atoms with E-state index in [1.807, 2.05) is 29.7 Å². The summed E-state index contributed by atoms with van der Waals surface area (Å²) >= 11 is 1.36. The molecule has 136 valence electrons. The molecule has 0 saturated heterocycles. The molecule has 0 N–H and O–H groups in total. The maximum absolute atomic E-state index is 12.6. The number of hydrogen-bond acceptors (Lipinski definition) is 7. The highest BCUT2D eigenvalue weighted by Gasteiger charge is 2.17. The molecule has 0 saturated carbocycles. The molecule has 0 spiro atoms. The molecular formula is C18H16N6O2S. The monoisotopic (exact) mass is 380 g/mol. The number of nitrogens with zero attached hydrogens (tertiary/aromatic N) is 6. The zero-order valence-corrected chi connectivity index (χ0v) is 15.4. The number of fused-ring (bicyclic) bond motifs is 1. The van der Waals surface area contributed by atoms with Gasteiger partial charge in [0, 0.05) is 6.54 Å². The largest absolute Gasteiger partial charge is 0.469 e. The normalized spacial score (nSPS) is 11.1. The average molecular weight is 380 g/mol. The van der Waals surface area contributed by atoms with Crippen LogP contribution in [0.3, 0.4) is 0 Å². The van der Waals surface area contributed by atoms with Gasteiger partial charge in [-0.25, -0.2) is 0 Å². The Bertz CT molecular complexity index is 1180. The maximum atomic E-state index is 12.6. The summed E-state index contributed by atoms with van der Waals surface area (Å²) in [5.41, 5.74) is 1.27. The summed E-state index contributed by atoms with van der Waals surface area (Å²) in [6.45, 7) is 6.21. The fourth-order valence-electron chi connectivity index (χ4n) is 2.73. The number of allylic oxidation sites excluding steroid dienone is 1. The van der Waals surface area contributed by atoms with Crippen LogP contribution in [0.5, 0.6) is 0 Å². The van der Waals surface area contributed by atoms with Gasteiger partial charge < -0.3 is 4.42 Å². The third-order valence-electron chi connectivity index (χ3n) is 4.07. The van der Waals surface area contributed by atoms with Crippen molar-refractivity contribution < 1.29 is 4.42 Å². The van der Waals surface area contributed by atoms with Crippen molar-refractivity contribution in [1.29, 1.82) is 0 Å². The smallest absolute Gasteiger partial charge is 0.278 e. The lowest BCUT2D eigenvalue weighted by Gasteiger charge is -2.08. The van der Waals surface area contributed by atoms with Gasteiger partial charge in [-0.05, 0) is 25.1 Å². The van der Waals surface area contributed by atoms with Crippen LogP contribution in [0.1, 0.15) is 5.76 Å². The summed E-state index contributed by atoms with van der Waals surface area (Å²) < 4.78 is 8.62. The first-order valence-corrected chi connectivity index (χ1v) is 9.21. The quantitative estimate of drug-likeness (QED) is 0.375. The molecule has 0 aliphatic rings. The Labute approximate surface area is 158 Å². The van der Waals surface area contributed by atoms with Gasteiger partial charge in [-0.15, -0.1) is 21.9 Å². The standard InChI is InChI=1S/C18H16N6O2S/c1-3-9-23-16(13-8-10-26-12(13)2)20-21-18(23)27-11-24-17(25)14-6-4-5-7-15(14)19-22-24/h3-8,10H,1,9,11H2,2H3. The van der Waals surface area contributed by atoms with Crippen molar-refractivity contribution in [3.8, 4) is 11.4 Å². The first-order chi connectivity index (χ1) is 13.2. The van der Waals surface area contributed by atoms with E-state index in [1.54, 1.807) is 24.5 Å². The third-order valence-corrected chi connectivity index (χ3v) is 5.01. The molecule has 27 heavy (non-hydrogen) atoms. The van der Waals surface area contributed by atoms with Crippen molar-refractivity contribution in [3.63, 3.8) is 0 Å². The number of aromatic nitrogens is 6. The number of thioether (sulfide) groups is 1. The fourth-order valence-corrected chi connectivity index (χ4v) is 3.55. The van der Waals surface area contributed by atoms with E-state index < -0.39 is 0 Å². The van der Waals surface area contributed by atoms with Crippen molar-refractivity contribution >= 4 is 22.7 Å². The van der Waals surface area contributed by atoms with Crippen molar-refractivity contribution in [2.45, 2.75) is 24.5 Å². The molecule has 0 fully saturated rings. The van der Waals surface area contributed by atoms with E-state index in [9.17, 15) is 4.79 Å².